The van der Waals surface area contributed by atoms with Crippen molar-refractivity contribution in [2.45, 2.75) is 37.3 Å². The lowest BCUT2D eigenvalue weighted by Gasteiger charge is -2.41. The van der Waals surface area contributed by atoms with E-state index in [1.807, 2.05) is 24.3 Å². The van der Waals surface area contributed by atoms with Crippen LogP contribution in [0.5, 0.6) is 0 Å². The van der Waals surface area contributed by atoms with Gasteiger partial charge in [-0.3, -0.25) is 14.4 Å². The first-order chi connectivity index (χ1) is 16.9. The number of nitrogens with one attached hydrogen (secondary N) is 2. The van der Waals surface area contributed by atoms with Crippen molar-refractivity contribution in [3.63, 3.8) is 0 Å². The summed E-state index contributed by atoms with van der Waals surface area (Å²) in [4.78, 5) is 49.9. The van der Waals surface area contributed by atoms with E-state index in [9.17, 15) is 19.2 Å². The number of hydrogen-bond acceptors (Lipinski definition) is 5. The van der Waals surface area contributed by atoms with Crippen LogP contribution in [0, 0.1) is 5.92 Å². The molecule has 3 N–H and O–H groups in total. The summed E-state index contributed by atoms with van der Waals surface area (Å²) in [5, 5.41) is 14.5. The summed E-state index contributed by atoms with van der Waals surface area (Å²) in [5.74, 6) is -2.19. The molecule has 1 aliphatic heterocycles. The van der Waals surface area contributed by atoms with Crippen LogP contribution in [0.15, 0.2) is 48.5 Å². The lowest BCUT2D eigenvalue weighted by Crippen LogP contribution is -2.61. The van der Waals surface area contributed by atoms with Crippen LogP contribution in [-0.2, 0) is 19.1 Å². The minimum atomic E-state index is -1.13. The molecule has 0 spiro atoms. The summed E-state index contributed by atoms with van der Waals surface area (Å²) in [7, 11) is 0. The highest BCUT2D eigenvalue weighted by atomic mass is 16.5. The van der Waals surface area contributed by atoms with Crippen molar-refractivity contribution in [3.8, 4) is 11.1 Å². The Balaban J connectivity index is 1.13. The largest absolute Gasteiger partial charge is 0.481 e. The molecule has 1 unspecified atom stereocenters. The van der Waals surface area contributed by atoms with Gasteiger partial charge in [0.2, 0.25) is 11.8 Å². The molecule has 1 atom stereocenters. The van der Waals surface area contributed by atoms with Gasteiger partial charge < -0.3 is 25.4 Å². The highest BCUT2D eigenvalue weighted by Crippen LogP contribution is 2.44. The molecule has 2 fully saturated rings. The summed E-state index contributed by atoms with van der Waals surface area (Å²) in [6.07, 6.45) is -0.0861. The molecule has 182 valence electrons. The number of alkyl carbamates (subject to hydrolysis) is 1. The molecule has 35 heavy (non-hydrogen) atoms. The predicted octanol–water partition coefficient (Wildman–Crippen LogP) is 2.11. The fraction of sp³-hybridized carbons (Fsp3) is 0.385. The molecule has 9 heteroatoms. The molecule has 2 aromatic carbocycles. The number of fused-ring (bicyclic) bond motifs is 3. The Hall–Kier alpha value is -3.88. The van der Waals surface area contributed by atoms with Gasteiger partial charge in [-0.2, -0.15) is 0 Å². The van der Waals surface area contributed by atoms with E-state index < -0.39 is 30.4 Å². The Labute approximate surface area is 202 Å². The Morgan fingerprint density at radius 1 is 1.03 bits per heavy atom. The van der Waals surface area contributed by atoms with E-state index in [2.05, 4.69) is 34.9 Å². The van der Waals surface area contributed by atoms with Gasteiger partial charge in [-0.05, 0) is 35.1 Å². The average molecular weight is 478 g/mol. The number of aliphatic carboxylic acids is 1. The van der Waals surface area contributed by atoms with Crippen LogP contribution in [0.25, 0.3) is 11.1 Å². The molecule has 2 aliphatic carbocycles. The maximum Gasteiger partial charge on any atom is 0.407 e. The smallest absolute Gasteiger partial charge is 0.407 e. The molecule has 0 radical (unpaired) electrons. The molecule has 1 saturated heterocycles. The standard InChI is InChI=1S/C26H27N3O6/c30-23(31)13-22-24(32)27-9-10-29(22)25(33)15-11-16(12-15)28-26(34)35-14-21-19-7-3-1-5-17(19)18-6-2-4-8-20(18)21/h1-8,15-16,21-22H,9-14H2,(H,27,32)(H,28,34)(H,30,31). The summed E-state index contributed by atoms with van der Waals surface area (Å²) in [6.45, 7) is 0.799. The van der Waals surface area contributed by atoms with Gasteiger partial charge in [0.15, 0.2) is 0 Å². The fourth-order valence-corrected chi connectivity index (χ4v) is 5.33. The van der Waals surface area contributed by atoms with Crippen LogP contribution in [0.1, 0.15) is 36.3 Å². The molecule has 1 saturated carbocycles. The Bertz CT molecular complexity index is 1130. The van der Waals surface area contributed by atoms with Crippen molar-refractivity contribution in [1.82, 2.24) is 15.5 Å². The number of nitrogens with zero attached hydrogens (tertiary/aromatic N) is 1. The number of carboxylic acids is 1. The molecular weight excluding hydrogens is 450 g/mol. The Kier molecular flexibility index (Phi) is 6.15. The van der Waals surface area contributed by atoms with E-state index in [1.54, 1.807) is 0 Å². The predicted molar refractivity (Wildman–Crippen MR) is 125 cm³/mol. The summed E-state index contributed by atoms with van der Waals surface area (Å²) < 4.78 is 5.57. The first-order valence-electron chi connectivity index (χ1n) is 11.8. The number of piperazine rings is 1. The molecular formula is C26H27N3O6. The number of amides is 3. The fourth-order valence-electron chi connectivity index (χ4n) is 5.33. The maximum absolute atomic E-state index is 12.9. The summed E-state index contributed by atoms with van der Waals surface area (Å²) in [5.41, 5.74) is 4.59. The zero-order valence-corrected chi connectivity index (χ0v) is 19.1. The lowest BCUT2D eigenvalue weighted by molar-refractivity contribution is -0.152. The van der Waals surface area contributed by atoms with Gasteiger partial charge in [-0.25, -0.2) is 4.79 Å². The van der Waals surface area contributed by atoms with Crippen LogP contribution in [-0.4, -0.2) is 65.7 Å². The molecule has 1 heterocycles. The quantitative estimate of drug-likeness (QED) is 0.585. The van der Waals surface area contributed by atoms with E-state index in [0.717, 1.165) is 22.3 Å². The molecule has 5 rings (SSSR count). The summed E-state index contributed by atoms with van der Waals surface area (Å²) >= 11 is 0. The third-order valence-electron chi connectivity index (χ3n) is 7.13. The van der Waals surface area contributed by atoms with Crippen LogP contribution in [0.2, 0.25) is 0 Å². The van der Waals surface area contributed by atoms with Gasteiger partial charge in [0.1, 0.15) is 12.6 Å². The SMILES string of the molecule is O=C(O)CC1C(=O)NCCN1C(=O)C1CC(NC(=O)OCC2c3ccccc3-c3ccccc32)C1. The van der Waals surface area contributed by atoms with Crippen LogP contribution < -0.4 is 10.6 Å². The normalized spacial score (nSPS) is 22.9. The van der Waals surface area contributed by atoms with E-state index in [1.165, 1.54) is 4.90 Å². The average Bonchev–Trinajstić information content (AvgIpc) is 3.14. The highest BCUT2D eigenvalue weighted by Gasteiger charge is 2.43. The monoisotopic (exact) mass is 477 g/mol. The third kappa shape index (κ3) is 4.45. The number of carboxylic acid groups (broad SMARTS) is 1. The maximum atomic E-state index is 12.9. The van der Waals surface area contributed by atoms with Crippen LogP contribution in [0.4, 0.5) is 4.79 Å². The van der Waals surface area contributed by atoms with Crippen molar-refractivity contribution in [2.75, 3.05) is 19.7 Å². The second kappa shape index (κ2) is 9.40. The second-order valence-electron chi connectivity index (χ2n) is 9.27. The first kappa shape index (κ1) is 22.9. The van der Waals surface area contributed by atoms with Crippen molar-refractivity contribution < 1.29 is 29.0 Å². The molecule has 9 nitrogen and oxygen atoms in total. The van der Waals surface area contributed by atoms with Gasteiger partial charge >= 0.3 is 12.1 Å². The molecule has 0 aromatic heterocycles. The van der Waals surface area contributed by atoms with Gasteiger partial charge in [0, 0.05) is 31.0 Å². The number of benzene rings is 2. The highest BCUT2D eigenvalue weighted by molar-refractivity contribution is 5.92. The number of hydrogen-bond donors (Lipinski definition) is 3. The topological polar surface area (TPSA) is 125 Å². The molecule has 2 aromatic rings. The Morgan fingerprint density at radius 3 is 2.29 bits per heavy atom. The van der Waals surface area contributed by atoms with Gasteiger partial charge in [-0.1, -0.05) is 48.5 Å². The number of carbonyl (C=O) groups excluding carboxylic acids is 3. The van der Waals surface area contributed by atoms with Crippen LogP contribution >= 0.6 is 0 Å². The van der Waals surface area contributed by atoms with Gasteiger partial charge in [0.25, 0.3) is 0 Å². The van der Waals surface area contributed by atoms with Gasteiger partial charge in [0.05, 0.1) is 6.42 Å². The number of rotatable bonds is 6. The van der Waals surface area contributed by atoms with E-state index in [4.69, 9.17) is 9.84 Å². The zero-order valence-electron chi connectivity index (χ0n) is 19.1. The zero-order chi connectivity index (χ0) is 24.5. The molecule has 3 aliphatic rings. The van der Waals surface area contributed by atoms with Crippen molar-refractivity contribution >= 4 is 23.9 Å². The van der Waals surface area contributed by atoms with Crippen molar-refractivity contribution in [1.29, 1.82) is 0 Å². The molecule has 0 bridgehead atoms. The van der Waals surface area contributed by atoms with E-state index >= 15 is 0 Å². The minimum Gasteiger partial charge on any atom is -0.481 e. The van der Waals surface area contributed by atoms with E-state index in [0.29, 0.717) is 19.4 Å². The Morgan fingerprint density at radius 2 is 1.66 bits per heavy atom. The second-order valence-corrected chi connectivity index (χ2v) is 9.27. The number of carbonyl (C=O) groups is 4. The minimum absolute atomic E-state index is 0.0275. The van der Waals surface area contributed by atoms with E-state index in [-0.39, 0.29) is 36.9 Å². The van der Waals surface area contributed by atoms with Crippen molar-refractivity contribution in [3.05, 3.63) is 59.7 Å². The van der Waals surface area contributed by atoms with Gasteiger partial charge in [-0.15, -0.1) is 0 Å². The number of ether oxygens (including phenoxy) is 1. The lowest BCUT2D eigenvalue weighted by atomic mass is 9.79. The molecule has 3 amide bonds. The van der Waals surface area contributed by atoms with Crippen LogP contribution in [0.3, 0.4) is 0 Å². The first-order valence-corrected chi connectivity index (χ1v) is 11.8. The van der Waals surface area contributed by atoms with Crippen molar-refractivity contribution in [2.24, 2.45) is 5.92 Å². The summed E-state index contributed by atoms with van der Waals surface area (Å²) in [6, 6.07) is 15.0. The third-order valence-corrected chi connectivity index (χ3v) is 7.13.